The van der Waals surface area contributed by atoms with Gasteiger partial charge in [-0.2, -0.15) is 0 Å². The molecule has 1 heterocycles. The maximum atomic E-state index is 5.50. The summed E-state index contributed by atoms with van der Waals surface area (Å²) in [5, 5.41) is 0. The molecule has 1 rings (SSSR count). The van der Waals surface area contributed by atoms with Gasteiger partial charge in [0.25, 0.3) is 0 Å². The number of hydrogen-bond acceptors (Lipinski definition) is 3. The lowest BCUT2D eigenvalue weighted by molar-refractivity contribution is 0.198. The monoisotopic (exact) mass is 224 g/mol. The minimum atomic E-state index is 0.569. The maximum Gasteiger partial charge on any atom is 0.0950 e. The van der Waals surface area contributed by atoms with Crippen LogP contribution in [0.3, 0.4) is 0 Å². The molecular formula is C12H24N4. The zero-order chi connectivity index (χ0) is 12.1. The van der Waals surface area contributed by atoms with Crippen molar-refractivity contribution in [1.82, 2.24) is 14.5 Å². The fraction of sp³-hybridized carbons (Fsp3) is 0.750. The van der Waals surface area contributed by atoms with Crippen molar-refractivity contribution >= 4 is 0 Å². The average Bonchev–Trinajstić information content (AvgIpc) is 2.65. The first-order chi connectivity index (χ1) is 7.54. The van der Waals surface area contributed by atoms with Crippen LogP contribution in [0.15, 0.2) is 12.5 Å². The number of rotatable bonds is 6. The second-order valence-corrected chi connectivity index (χ2v) is 4.79. The van der Waals surface area contributed by atoms with Crippen LogP contribution in [0.5, 0.6) is 0 Å². The van der Waals surface area contributed by atoms with E-state index in [9.17, 15) is 0 Å². The van der Waals surface area contributed by atoms with Crippen LogP contribution in [-0.2, 0) is 13.1 Å². The lowest BCUT2D eigenvalue weighted by Crippen LogP contribution is -2.32. The smallest absolute Gasteiger partial charge is 0.0950 e. The van der Waals surface area contributed by atoms with Crippen molar-refractivity contribution in [3.8, 4) is 0 Å². The van der Waals surface area contributed by atoms with Gasteiger partial charge in [-0.1, -0.05) is 13.8 Å². The molecule has 4 nitrogen and oxygen atoms in total. The highest BCUT2D eigenvalue weighted by Gasteiger charge is 2.14. The van der Waals surface area contributed by atoms with Gasteiger partial charge in [-0.05, 0) is 19.9 Å². The predicted molar refractivity (Wildman–Crippen MR) is 67.0 cm³/mol. The van der Waals surface area contributed by atoms with Crippen molar-refractivity contribution in [2.45, 2.75) is 39.9 Å². The zero-order valence-corrected chi connectivity index (χ0v) is 10.8. The molecule has 0 aliphatic carbocycles. The average molecular weight is 224 g/mol. The minimum Gasteiger partial charge on any atom is -0.336 e. The minimum absolute atomic E-state index is 0.569. The van der Waals surface area contributed by atoms with Crippen molar-refractivity contribution in [3.63, 3.8) is 0 Å². The van der Waals surface area contributed by atoms with E-state index in [1.165, 1.54) is 0 Å². The van der Waals surface area contributed by atoms with Gasteiger partial charge in [0.1, 0.15) is 0 Å². The molecule has 4 heteroatoms. The van der Waals surface area contributed by atoms with Crippen LogP contribution in [0.1, 0.15) is 26.5 Å². The summed E-state index contributed by atoms with van der Waals surface area (Å²) in [6.45, 7) is 9.14. The molecule has 1 unspecified atom stereocenters. The van der Waals surface area contributed by atoms with Crippen molar-refractivity contribution in [1.29, 1.82) is 0 Å². The van der Waals surface area contributed by atoms with Gasteiger partial charge < -0.3 is 10.3 Å². The number of hydrogen-bond donors (Lipinski definition) is 1. The maximum absolute atomic E-state index is 5.50. The highest BCUT2D eigenvalue weighted by atomic mass is 15.1. The predicted octanol–water partition coefficient (Wildman–Crippen LogP) is 1.32. The van der Waals surface area contributed by atoms with Gasteiger partial charge in [-0.3, -0.25) is 4.90 Å². The Morgan fingerprint density at radius 3 is 2.69 bits per heavy atom. The molecule has 2 N–H and O–H groups in total. The number of aromatic nitrogens is 2. The Morgan fingerprint density at radius 2 is 2.12 bits per heavy atom. The van der Waals surface area contributed by atoms with Crippen LogP contribution in [0, 0.1) is 5.92 Å². The normalized spacial score (nSPS) is 13.7. The van der Waals surface area contributed by atoms with Crippen molar-refractivity contribution in [3.05, 3.63) is 18.2 Å². The first-order valence-electron chi connectivity index (χ1n) is 5.95. The van der Waals surface area contributed by atoms with Gasteiger partial charge in [-0.15, -0.1) is 0 Å². The summed E-state index contributed by atoms with van der Waals surface area (Å²) >= 11 is 0. The molecule has 0 bridgehead atoms. The Bertz CT molecular complexity index is 306. The molecule has 0 aliphatic heterocycles. The lowest BCUT2D eigenvalue weighted by Gasteiger charge is -2.26. The summed E-state index contributed by atoms with van der Waals surface area (Å²) in [5.41, 5.74) is 6.61. The number of imidazole rings is 1. The highest BCUT2D eigenvalue weighted by molar-refractivity contribution is 4.97. The Morgan fingerprint density at radius 1 is 1.44 bits per heavy atom. The van der Waals surface area contributed by atoms with Gasteiger partial charge in [0.15, 0.2) is 0 Å². The SMILES string of the molecule is CC(C)C(C)N(C)Cc1cn(CCN)cn1. The van der Waals surface area contributed by atoms with Crippen molar-refractivity contribution < 1.29 is 0 Å². The summed E-state index contributed by atoms with van der Waals surface area (Å²) in [4.78, 5) is 6.72. The fourth-order valence-electron chi connectivity index (χ4n) is 1.67. The zero-order valence-electron chi connectivity index (χ0n) is 10.8. The van der Waals surface area contributed by atoms with E-state index in [0.717, 1.165) is 18.8 Å². The molecule has 0 aromatic carbocycles. The first-order valence-corrected chi connectivity index (χ1v) is 5.95. The molecule has 0 amide bonds. The van der Waals surface area contributed by atoms with Crippen LogP contribution in [0.4, 0.5) is 0 Å². The molecule has 0 saturated carbocycles. The number of nitrogens with two attached hydrogens (primary N) is 1. The van der Waals surface area contributed by atoms with Crippen LogP contribution in [0.2, 0.25) is 0 Å². The van der Waals surface area contributed by atoms with Crippen LogP contribution >= 0.6 is 0 Å². The van der Waals surface area contributed by atoms with E-state index in [-0.39, 0.29) is 0 Å². The standard InChI is InChI=1S/C12H24N4/c1-10(2)11(3)15(4)7-12-8-16(6-5-13)9-14-12/h8-11H,5-7,13H2,1-4H3. The van der Waals surface area contributed by atoms with Crippen LogP contribution < -0.4 is 5.73 Å². The molecule has 1 atom stereocenters. The summed E-state index contributed by atoms with van der Waals surface area (Å²) in [6, 6.07) is 0.569. The van der Waals surface area contributed by atoms with E-state index in [4.69, 9.17) is 5.73 Å². The summed E-state index contributed by atoms with van der Waals surface area (Å²) in [5.74, 6) is 0.663. The second kappa shape index (κ2) is 6.01. The molecular weight excluding hydrogens is 200 g/mol. The third-order valence-electron chi connectivity index (χ3n) is 3.15. The molecule has 0 saturated heterocycles. The quantitative estimate of drug-likeness (QED) is 0.792. The van der Waals surface area contributed by atoms with Gasteiger partial charge in [0, 0.05) is 31.9 Å². The van der Waals surface area contributed by atoms with E-state index in [0.29, 0.717) is 18.5 Å². The molecule has 0 spiro atoms. The van der Waals surface area contributed by atoms with E-state index in [1.54, 1.807) is 0 Å². The lowest BCUT2D eigenvalue weighted by atomic mass is 10.1. The number of nitrogens with zero attached hydrogens (tertiary/aromatic N) is 3. The van der Waals surface area contributed by atoms with Crippen molar-refractivity contribution in [2.75, 3.05) is 13.6 Å². The molecule has 0 fully saturated rings. The third kappa shape index (κ3) is 3.61. The van der Waals surface area contributed by atoms with E-state index in [1.807, 2.05) is 10.9 Å². The Kier molecular flexibility index (Phi) is 4.96. The first kappa shape index (κ1) is 13.2. The molecule has 1 aromatic rings. The molecule has 0 aliphatic rings. The van der Waals surface area contributed by atoms with E-state index >= 15 is 0 Å². The molecule has 0 radical (unpaired) electrons. The van der Waals surface area contributed by atoms with Crippen molar-refractivity contribution in [2.24, 2.45) is 11.7 Å². The van der Waals surface area contributed by atoms with Gasteiger partial charge in [0.05, 0.1) is 12.0 Å². The van der Waals surface area contributed by atoms with E-state index in [2.05, 4.69) is 43.9 Å². The fourth-order valence-corrected chi connectivity index (χ4v) is 1.67. The second-order valence-electron chi connectivity index (χ2n) is 4.79. The molecule has 1 aromatic heterocycles. The van der Waals surface area contributed by atoms with Gasteiger partial charge in [0.2, 0.25) is 0 Å². The topological polar surface area (TPSA) is 47.1 Å². The highest BCUT2D eigenvalue weighted by Crippen LogP contribution is 2.11. The van der Waals surface area contributed by atoms with E-state index < -0.39 is 0 Å². The summed E-state index contributed by atoms with van der Waals surface area (Å²) < 4.78 is 2.04. The Labute approximate surface area is 98.5 Å². The van der Waals surface area contributed by atoms with Crippen LogP contribution in [0.25, 0.3) is 0 Å². The van der Waals surface area contributed by atoms with Crippen LogP contribution in [-0.4, -0.2) is 34.1 Å². The summed E-state index contributed by atoms with van der Waals surface area (Å²) in [6.07, 6.45) is 3.94. The molecule has 92 valence electrons. The third-order valence-corrected chi connectivity index (χ3v) is 3.15. The Balaban J connectivity index is 2.52. The Hall–Kier alpha value is -0.870. The van der Waals surface area contributed by atoms with Gasteiger partial charge in [-0.25, -0.2) is 4.98 Å². The summed E-state index contributed by atoms with van der Waals surface area (Å²) in [7, 11) is 2.15. The molecule has 16 heavy (non-hydrogen) atoms. The van der Waals surface area contributed by atoms with Gasteiger partial charge >= 0.3 is 0 Å². The largest absolute Gasteiger partial charge is 0.336 e.